The number of carbonyl (C=O) groups excluding carboxylic acids is 3. The highest BCUT2D eigenvalue weighted by Crippen LogP contribution is 2.33. The van der Waals surface area contributed by atoms with Gasteiger partial charge >= 0.3 is 6.09 Å². The molecule has 0 bridgehead atoms. The summed E-state index contributed by atoms with van der Waals surface area (Å²) in [6.45, 7) is 9.45. The van der Waals surface area contributed by atoms with Gasteiger partial charge in [-0.15, -0.1) is 0 Å². The third-order valence-corrected chi connectivity index (χ3v) is 8.48. The number of rotatable bonds is 15. The van der Waals surface area contributed by atoms with Crippen molar-refractivity contribution >= 4 is 17.9 Å². The van der Waals surface area contributed by atoms with Gasteiger partial charge in [-0.3, -0.25) is 9.59 Å². The molecule has 0 saturated heterocycles. The smallest absolute Gasteiger partial charge is 0.408 e. The fourth-order valence-corrected chi connectivity index (χ4v) is 6.03. The van der Waals surface area contributed by atoms with Gasteiger partial charge in [0.05, 0.1) is 0 Å². The zero-order valence-corrected chi connectivity index (χ0v) is 28.4. The van der Waals surface area contributed by atoms with Gasteiger partial charge in [-0.05, 0) is 70.2 Å². The van der Waals surface area contributed by atoms with Crippen LogP contribution in [0.1, 0.15) is 121 Å². The third kappa shape index (κ3) is 11.6. The maximum atomic E-state index is 14.7. The van der Waals surface area contributed by atoms with Crippen LogP contribution in [-0.4, -0.2) is 57.3 Å². The van der Waals surface area contributed by atoms with E-state index in [9.17, 15) is 24.6 Å². The number of unbranched alkanes of at least 4 members (excludes halogenated alkanes) is 5. The first-order valence-electron chi connectivity index (χ1n) is 17.1. The topological polar surface area (TPSA) is 128 Å². The van der Waals surface area contributed by atoms with Crippen LogP contribution in [0.2, 0.25) is 0 Å². The summed E-state index contributed by atoms with van der Waals surface area (Å²) >= 11 is 0. The molecule has 1 aliphatic rings. The number of alkyl carbamates (subject to hydrolysis) is 1. The zero-order valence-electron chi connectivity index (χ0n) is 28.4. The van der Waals surface area contributed by atoms with Crippen LogP contribution >= 0.6 is 0 Å². The number of nitrogens with one attached hydrogen (secondary N) is 2. The van der Waals surface area contributed by atoms with Gasteiger partial charge in [-0.2, -0.15) is 0 Å². The Kier molecular flexibility index (Phi) is 14.2. The molecule has 0 heterocycles. The molecule has 0 radical (unpaired) electrons. The number of phenolic OH excluding ortho intramolecular Hbond substituents is 2. The highest BCUT2D eigenvalue weighted by Gasteiger charge is 2.38. The summed E-state index contributed by atoms with van der Waals surface area (Å²) in [7, 11) is 0. The Bertz CT molecular complexity index is 1270. The second kappa shape index (κ2) is 17.8. The molecule has 9 heteroatoms. The number of phenols is 2. The summed E-state index contributed by atoms with van der Waals surface area (Å²) in [4.78, 5) is 43.6. The van der Waals surface area contributed by atoms with E-state index in [-0.39, 0.29) is 36.4 Å². The van der Waals surface area contributed by atoms with Gasteiger partial charge in [0.1, 0.15) is 29.2 Å². The van der Waals surface area contributed by atoms with Gasteiger partial charge in [-0.1, -0.05) is 88.6 Å². The SMILES string of the molecule is CCCCCCCCN(C(=O)C(Cc1ccc(O)cc1)NC(=O)OC(C)(C)C)C(C(=O)NC1CCCCC1)c1cccc(C)c1O. The molecule has 0 spiro atoms. The van der Waals surface area contributed by atoms with Crippen molar-refractivity contribution < 1.29 is 29.3 Å². The summed E-state index contributed by atoms with van der Waals surface area (Å²) in [5.41, 5.74) is 0.888. The molecule has 254 valence electrons. The van der Waals surface area contributed by atoms with E-state index in [0.29, 0.717) is 23.1 Å². The van der Waals surface area contributed by atoms with Crippen molar-refractivity contribution in [3.8, 4) is 11.5 Å². The van der Waals surface area contributed by atoms with Crippen LogP contribution in [0.4, 0.5) is 4.79 Å². The Balaban J connectivity index is 2.04. The number of aryl methyl sites for hydroxylation is 1. The van der Waals surface area contributed by atoms with Crippen molar-refractivity contribution in [1.82, 2.24) is 15.5 Å². The van der Waals surface area contributed by atoms with Gasteiger partial charge in [0.25, 0.3) is 0 Å². The van der Waals surface area contributed by atoms with Crippen molar-refractivity contribution in [2.45, 2.75) is 135 Å². The lowest BCUT2D eigenvalue weighted by Gasteiger charge is -2.36. The number of nitrogens with zero attached hydrogens (tertiary/aromatic N) is 1. The summed E-state index contributed by atoms with van der Waals surface area (Å²) in [5, 5.41) is 27.1. The van der Waals surface area contributed by atoms with Crippen LogP contribution in [0.3, 0.4) is 0 Å². The minimum atomic E-state index is -1.10. The number of carbonyl (C=O) groups is 3. The van der Waals surface area contributed by atoms with Crippen LogP contribution in [0.25, 0.3) is 0 Å². The number of amides is 3. The molecule has 3 amide bonds. The van der Waals surface area contributed by atoms with Gasteiger partial charge < -0.3 is 30.5 Å². The Morgan fingerprint density at radius 1 is 0.935 bits per heavy atom. The molecular weight excluding hydrogens is 582 g/mol. The Morgan fingerprint density at radius 2 is 1.59 bits per heavy atom. The van der Waals surface area contributed by atoms with Gasteiger partial charge in [0.2, 0.25) is 11.8 Å². The molecule has 2 unspecified atom stereocenters. The van der Waals surface area contributed by atoms with E-state index in [1.807, 2.05) is 0 Å². The molecule has 2 atom stereocenters. The Hall–Kier alpha value is -3.75. The maximum Gasteiger partial charge on any atom is 0.408 e. The summed E-state index contributed by atoms with van der Waals surface area (Å²) in [5.74, 6) is -0.724. The van der Waals surface area contributed by atoms with Crippen LogP contribution in [0.15, 0.2) is 42.5 Å². The van der Waals surface area contributed by atoms with Gasteiger partial charge in [-0.25, -0.2) is 4.79 Å². The summed E-state index contributed by atoms with van der Waals surface area (Å²) in [6, 6.07) is 9.53. The first kappa shape index (κ1) is 36.7. The molecule has 2 aromatic carbocycles. The van der Waals surface area contributed by atoms with E-state index in [0.717, 1.165) is 64.2 Å². The van der Waals surface area contributed by atoms with Gasteiger partial charge in [0.15, 0.2) is 0 Å². The number of hydrogen-bond acceptors (Lipinski definition) is 6. The predicted octanol–water partition coefficient (Wildman–Crippen LogP) is 7.22. The second-order valence-corrected chi connectivity index (χ2v) is 13.6. The standard InChI is InChI=1S/C37H55N3O6/c1-6-7-8-9-10-14-24-40(32(30-19-15-16-26(2)33(30)42)34(43)38-28-17-12-11-13-18-28)35(44)31(39-36(45)46-37(3,4)5)25-27-20-22-29(41)23-21-27/h15-16,19-23,28,31-32,41-42H,6-14,17-18,24-25H2,1-5H3,(H,38,43)(H,39,45). The van der Waals surface area contributed by atoms with Gasteiger partial charge in [0, 0.05) is 24.6 Å². The lowest BCUT2D eigenvalue weighted by molar-refractivity contribution is -0.143. The van der Waals surface area contributed by atoms with Crippen molar-refractivity contribution in [3.63, 3.8) is 0 Å². The van der Waals surface area contributed by atoms with E-state index in [1.54, 1.807) is 58.0 Å². The summed E-state index contributed by atoms with van der Waals surface area (Å²) < 4.78 is 5.54. The second-order valence-electron chi connectivity index (χ2n) is 13.6. The average Bonchev–Trinajstić information content (AvgIpc) is 3.00. The highest BCUT2D eigenvalue weighted by atomic mass is 16.6. The number of aromatic hydroxyl groups is 2. The van der Waals surface area contributed by atoms with E-state index < -0.39 is 29.7 Å². The molecular formula is C37H55N3O6. The van der Waals surface area contributed by atoms with Crippen LogP contribution in [-0.2, 0) is 20.7 Å². The molecule has 2 aromatic rings. The summed E-state index contributed by atoms with van der Waals surface area (Å²) in [6.07, 6.45) is 10.2. The molecule has 46 heavy (non-hydrogen) atoms. The molecule has 3 rings (SSSR count). The molecule has 4 N–H and O–H groups in total. The first-order valence-corrected chi connectivity index (χ1v) is 17.1. The molecule has 0 aliphatic heterocycles. The van der Waals surface area contributed by atoms with Crippen LogP contribution in [0.5, 0.6) is 11.5 Å². The molecule has 0 aromatic heterocycles. The van der Waals surface area contributed by atoms with E-state index in [1.165, 1.54) is 17.0 Å². The van der Waals surface area contributed by atoms with E-state index in [4.69, 9.17) is 4.74 Å². The fraction of sp³-hybridized carbons (Fsp3) is 0.595. The highest BCUT2D eigenvalue weighted by molar-refractivity contribution is 5.93. The monoisotopic (exact) mass is 637 g/mol. The zero-order chi connectivity index (χ0) is 33.7. The number of hydrogen-bond donors (Lipinski definition) is 4. The quantitative estimate of drug-likeness (QED) is 0.153. The van der Waals surface area contributed by atoms with Crippen molar-refractivity contribution in [2.75, 3.05) is 6.54 Å². The molecule has 1 fully saturated rings. The first-order chi connectivity index (χ1) is 21.9. The number of benzene rings is 2. The van der Waals surface area contributed by atoms with Crippen LogP contribution < -0.4 is 10.6 Å². The molecule has 1 aliphatic carbocycles. The lowest BCUT2D eigenvalue weighted by atomic mass is 9.93. The van der Waals surface area contributed by atoms with E-state index in [2.05, 4.69) is 17.6 Å². The predicted molar refractivity (Wildman–Crippen MR) is 181 cm³/mol. The average molecular weight is 638 g/mol. The minimum absolute atomic E-state index is 0.00520. The van der Waals surface area contributed by atoms with E-state index >= 15 is 0 Å². The lowest BCUT2D eigenvalue weighted by Crippen LogP contribution is -2.54. The minimum Gasteiger partial charge on any atom is -0.508 e. The third-order valence-electron chi connectivity index (χ3n) is 8.48. The fourth-order valence-electron chi connectivity index (χ4n) is 6.03. The number of ether oxygens (including phenoxy) is 1. The molecule has 1 saturated carbocycles. The number of para-hydroxylation sites is 1. The largest absolute Gasteiger partial charge is 0.508 e. The normalized spacial score (nSPS) is 15.1. The Labute approximate surface area is 275 Å². The maximum absolute atomic E-state index is 14.7. The van der Waals surface area contributed by atoms with Crippen molar-refractivity contribution in [2.24, 2.45) is 0 Å². The Morgan fingerprint density at radius 3 is 2.24 bits per heavy atom. The van der Waals surface area contributed by atoms with Crippen molar-refractivity contribution in [1.29, 1.82) is 0 Å². The molecule has 9 nitrogen and oxygen atoms in total. The van der Waals surface area contributed by atoms with Crippen molar-refractivity contribution in [3.05, 3.63) is 59.2 Å². The van der Waals surface area contributed by atoms with Crippen LogP contribution in [0, 0.1) is 6.92 Å².